The van der Waals surface area contributed by atoms with E-state index in [0.717, 1.165) is 5.69 Å². The van der Waals surface area contributed by atoms with E-state index in [-0.39, 0.29) is 30.0 Å². The predicted octanol–water partition coefficient (Wildman–Crippen LogP) is 0.827. The number of carbonyl (C=O) groups excluding carboxylic acids is 1. The number of halogens is 1. The number of nitrogens with zero attached hydrogens (tertiary/aromatic N) is 2. The first kappa shape index (κ1) is 16.5. The predicted molar refractivity (Wildman–Crippen MR) is 79.4 cm³/mol. The molecule has 0 aromatic carbocycles. The highest BCUT2D eigenvalue weighted by Gasteiger charge is 2.56. The van der Waals surface area contributed by atoms with Gasteiger partial charge in [-0.1, -0.05) is 0 Å². The maximum absolute atomic E-state index is 12.1. The summed E-state index contributed by atoms with van der Waals surface area (Å²) in [4.78, 5) is 28.9. The summed E-state index contributed by atoms with van der Waals surface area (Å²) in [7, 11) is 1.38. The van der Waals surface area contributed by atoms with Gasteiger partial charge in [0.25, 0.3) is 0 Å². The Labute approximate surface area is 133 Å². The number of ether oxygens (including phenoxy) is 2. The lowest BCUT2D eigenvalue weighted by molar-refractivity contribution is -0.152. The zero-order valence-corrected chi connectivity index (χ0v) is 12.8. The number of esters is 1. The Morgan fingerprint density at radius 1 is 1.55 bits per heavy atom. The van der Waals surface area contributed by atoms with Crippen LogP contribution in [0.1, 0.15) is 10.5 Å². The van der Waals surface area contributed by atoms with E-state index in [1.54, 1.807) is 6.07 Å². The average Bonchev–Trinajstić information content (AvgIpc) is 3.04. The molecule has 8 heteroatoms. The van der Waals surface area contributed by atoms with Crippen molar-refractivity contribution in [1.82, 2.24) is 4.98 Å². The molecule has 3 rings (SSSR count). The molecule has 0 saturated carbocycles. The number of carbonyl (C=O) groups is 2. The summed E-state index contributed by atoms with van der Waals surface area (Å²) in [6.45, 7) is 1.96. The number of pyridine rings is 1. The highest BCUT2D eigenvalue weighted by molar-refractivity contribution is 5.86. The lowest BCUT2D eigenvalue weighted by atomic mass is 9.81. The van der Waals surface area contributed by atoms with Gasteiger partial charge in [-0.2, -0.15) is 0 Å². The van der Waals surface area contributed by atoms with Gasteiger partial charge in [0.1, 0.15) is 11.1 Å². The number of fused-ring (bicyclic) bond motifs is 1. The van der Waals surface area contributed by atoms with Crippen LogP contribution in [0, 0.1) is 11.3 Å². The van der Waals surface area contributed by atoms with Gasteiger partial charge in [0.05, 0.1) is 20.3 Å². The van der Waals surface area contributed by atoms with Gasteiger partial charge in [-0.25, -0.2) is 9.78 Å². The second kappa shape index (κ2) is 6.10. The Balaban J connectivity index is 0.00000176. The van der Waals surface area contributed by atoms with Gasteiger partial charge in [-0.15, -0.1) is 12.4 Å². The Bertz CT molecular complexity index is 596. The summed E-state index contributed by atoms with van der Waals surface area (Å²) in [5.41, 5.74) is 0.0921. The van der Waals surface area contributed by atoms with Gasteiger partial charge in [0.15, 0.2) is 0 Å². The van der Waals surface area contributed by atoms with Gasteiger partial charge >= 0.3 is 11.9 Å². The SMILES string of the molecule is COC(=O)[C@@]12COC[C@@H]1CN(c1ccnc(C(=O)O)c1)C2.Cl. The number of methoxy groups -OCH3 is 1. The molecule has 3 heterocycles. The number of carboxylic acid groups (broad SMARTS) is 1. The van der Waals surface area contributed by atoms with Crippen LogP contribution in [0.25, 0.3) is 0 Å². The van der Waals surface area contributed by atoms with E-state index in [4.69, 9.17) is 14.6 Å². The normalized spacial score (nSPS) is 26.2. The molecule has 22 heavy (non-hydrogen) atoms. The van der Waals surface area contributed by atoms with Crippen molar-refractivity contribution in [2.45, 2.75) is 0 Å². The van der Waals surface area contributed by atoms with Crippen LogP contribution in [0.15, 0.2) is 18.3 Å². The second-order valence-corrected chi connectivity index (χ2v) is 5.44. The van der Waals surface area contributed by atoms with Crippen LogP contribution in [0.5, 0.6) is 0 Å². The third-order valence-electron chi connectivity index (χ3n) is 4.29. The van der Waals surface area contributed by atoms with Crippen molar-refractivity contribution in [2.24, 2.45) is 11.3 Å². The number of aromatic carboxylic acids is 1. The van der Waals surface area contributed by atoms with E-state index in [1.165, 1.54) is 19.4 Å². The van der Waals surface area contributed by atoms with Crippen molar-refractivity contribution in [2.75, 3.05) is 38.3 Å². The molecule has 0 amide bonds. The monoisotopic (exact) mass is 328 g/mol. The molecule has 7 nitrogen and oxygen atoms in total. The van der Waals surface area contributed by atoms with Crippen molar-refractivity contribution in [1.29, 1.82) is 0 Å². The molecule has 2 fully saturated rings. The summed E-state index contributed by atoms with van der Waals surface area (Å²) in [6, 6.07) is 3.27. The largest absolute Gasteiger partial charge is 0.477 e. The standard InChI is InChI=1S/C14H16N2O5.ClH/c1-20-13(19)14-7-16(5-9(14)6-21-8-14)10-2-3-15-11(4-10)12(17)18;/h2-4,9H,5-8H2,1H3,(H,17,18);1H/t9-,14-;/m0./s1. The molecule has 0 unspecified atom stereocenters. The van der Waals surface area contributed by atoms with Crippen LogP contribution in [-0.2, 0) is 14.3 Å². The zero-order chi connectivity index (χ0) is 15.0. The quantitative estimate of drug-likeness (QED) is 0.822. The molecule has 2 aliphatic rings. The number of hydrogen-bond acceptors (Lipinski definition) is 6. The van der Waals surface area contributed by atoms with Gasteiger partial charge in [-0.05, 0) is 12.1 Å². The van der Waals surface area contributed by atoms with Crippen molar-refractivity contribution in [3.8, 4) is 0 Å². The average molecular weight is 329 g/mol. The molecule has 120 valence electrons. The van der Waals surface area contributed by atoms with Crippen molar-refractivity contribution < 1.29 is 24.2 Å². The van der Waals surface area contributed by atoms with E-state index in [0.29, 0.717) is 26.3 Å². The Kier molecular flexibility index (Phi) is 4.58. The summed E-state index contributed by atoms with van der Waals surface area (Å²) in [5, 5.41) is 9.02. The maximum Gasteiger partial charge on any atom is 0.354 e. The number of hydrogen-bond donors (Lipinski definition) is 1. The highest BCUT2D eigenvalue weighted by atomic mass is 35.5. The summed E-state index contributed by atoms with van der Waals surface area (Å²) >= 11 is 0. The molecule has 1 N–H and O–H groups in total. The topological polar surface area (TPSA) is 89.0 Å². The fraction of sp³-hybridized carbons (Fsp3) is 0.500. The van der Waals surface area contributed by atoms with E-state index in [2.05, 4.69) is 4.98 Å². The lowest BCUT2D eigenvalue weighted by Crippen LogP contribution is -2.40. The summed E-state index contributed by atoms with van der Waals surface area (Å²) in [5.74, 6) is -1.27. The molecule has 0 aliphatic carbocycles. The first-order valence-electron chi connectivity index (χ1n) is 6.67. The Morgan fingerprint density at radius 2 is 2.32 bits per heavy atom. The molecule has 1 aromatic heterocycles. The van der Waals surface area contributed by atoms with Crippen LogP contribution >= 0.6 is 12.4 Å². The number of anilines is 1. The molecule has 2 saturated heterocycles. The van der Waals surface area contributed by atoms with Crippen LogP contribution < -0.4 is 4.90 Å². The summed E-state index contributed by atoms with van der Waals surface area (Å²) < 4.78 is 10.4. The van der Waals surface area contributed by atoms with Crippen molar-refractivity contribution in [3.05, 3.63) is 24.0 Å². The fourth-order valence-electron chi connectivity index (χ4n) is 3.16. The Hall–Kier alpha value is -1.86. The third-order valence-corrected chi connectivity index (χ3v) is 4.29. The van der Waals surface area contributed by atoms with E-state index < -0.39 is 11.4 Å². The minimum atomic E-state index is -1.07. The van der Waals surface area contributed by atoms with Gasteiger partial charge in [0, 0.05) is 30.9 Å². The molecule has 0 spiro atoms. The molecule has 0 bridgehead atoms. The minimum absolute atomic E-state index is 0. The third kappa shape index (κ3) is 2.50. The van der Waals surface area contributed by atoms with Crippen molar-refractivity contribution >= 4 is 30.0 Å². The van der Waals surface area contributed by atoms with Crippen LogP contribution in [-0.4, -0.2) is 55.4 Å². The molecule has 2 atom stereocenters. The maximum atomic E-state index is 12.1. The van der Waals surface area contributed by atoms with Gasteiger partial charge < -0.3 is 19.5 Å². The lowest BCUT2D eigenvalue weighted by Gasteiger charge is -2.24. The molecule has 0 radical (unpaired) electrons. The summed E-state index contributed by atoms with van der Waals surface area (Å²) in [6.07, 6.45) is 1.47. The molecular weight excluding hydrogens is 312 g/mol. The van der Waals surface area contributed by atoms with Crippen LogP contribution in [0.3, 0.4) is 0 Å². The van der Waals surface area contributed by atoms with E-state index >= 15 is 0 Å². The van der Waals surface area contributed by atoms with E-state index in [9.17, 15) is 9.59 Å². The van der Waals surface area contributed by atoms with Gasteiger partial charge in [-0.3, -0.25) is 4.79 Å². The van der Waals surface area contributed by atoms with Gasteiger partial charge in [0.2, 0.25) is 0 Å². The number of carboxylic acids is 1. The number of rotatable bonds is 3. The van der Waals surface area contributed by atoms with Crippen LogP contribution in [0.2, 0.25) is 0 Å². The molecule has 1 aromatic rings. The smallest absolute Gasteiger partial charge is 0.354 e. The van der Waals surface area contributed by atoms with Crippen LogP contribution in [0.4, 0.5) is 5.69 Å². The fourth-order valence-corrected chi connectivity index (χ4v) is 3.16. The molecule has 2 aliphatic heterocycles. The first-order valence-corrected chi connectivity index (χ1v) is 6.67. The van der Waals surface area contributed by atoms with Crippen molar-refractivity contribution in [3.63, 3.8) is 0 Å². The number of aromatic nitrogens is 1. The second-order valence-electron chi connectivity index (χ2n) is 5.44. The molecular formula is C14H17ClN2O5. The Morgan fingerprint density at radius 3 is 3.00 bits per heavy atom. The minimum Gasteiger partial charge on any atom is -0.477 e. The highest BCUT2D eigenvalue weighted by Crippen LogP contribution is 2.43. The zero-order valence-electron chi connectivity index (χ0n) is 12.0. The first-order chi connectivity index (χ1) is 10.1. The van der Waals surface area contributed by atoms with E-state index in [1.807, 2.05) is 4.90 Å².